The number of nitrogens with zero attached hydrogens (tertiary/aromatic N) is 3. The molecule has 5 heteroatoms. The summed E-state index contributed by atoms with van der Waals surface area (Å²) < 4.78 is 6.06. The average Bonchev–Trinajstić information content (AvgIpc) is 2.87. The van der Waals surface area contributed by atoms with E-state index in [0.29, 0.717) is 12.3 Å². The lowest BCUT2D eigenvalue weighted by Gasteiger charge is -2.21. The summed E-state index contributed by atoms with van der Waals surface area (Å²) in [5.41, 5.74) is 4.73. The van der Waals surface area contributed by atoms with E-state index < -0.39 is 0 Å². The molecule has 0 saturated carbocycles. The number of nitrogens with one attached hydrogen (secondary N) is 1. The Hall–Kier alpha value is -4.25. The second-order valence-electron chi connectivity index (χ2n) is 9.45. The Morgan fingerprint density at radius 2 is 1.51 bits per heavy atom. The van der Waals surface area contributed by atoms with Crippen LogP contribution in [-0.2, 0) is 6.54 Å². The van der Waals surface area contributed by atoms with Gasteiger partial charge in [0.05, 0.1) is 6.20 Å². The van der Waals surface area contributed by atoms with Gasteiger partial charge in [0.2, 0.25) is 0 Å². The van der Waals surface area contributed by atoms with Gasteiger partial charge in [-0.2, -0.15) is 0 Å². The number of hydrogen-bond acceptors (Lipinski definition) is 5. The normalized spacial score (nSPS) is 11.4. The van der Waals surface area contributed by atoms with Crippen molar-refractivity contribution in [1.29, 1.82) is 0 Å². The van der Waals surface area contributed by atoms with Crippen LogP contribution < -0.4 is 10.1 Å². The van der Waals surface area contributed by atoms with E-state index in [2.05, 4.69) is 75.1 Å². The fourth-order valence-electron chi connectivity index (χ4n) is 4.14. The quantitative estimate of drug-likeness (QED) is 0.292. The molecular formula is C30H28N4O. The molecule has 0 amide bonds. The second-order valence-corrected chi connectivity index (χ2v) is 9.45. The number of rotatable bonds is 6. The van der Waals surface area contributed by atoms with Crippen LogP contribution in [0.3, 0.4) is 0 Å². The number of hydrogen-bond donors (Lipinski definition) is 1. The van der Waals surface area contributed by atoms with Crippen molar-refractivity contribution in [2.45, 2.75) is 32.9 Å². The van der Waals surface area contributed by atoms with Crippen LogP contribution >= 0.6 is 0 Å². The van der Waals surface area contributed by atoms with Crippen molar-refractivity contribution in [3.05, 3.63) is 103 Å². The van der Waals surface area contributed by atoms with Gasteiger partial charge in [0, 0.05) is 29.1 Å². The summed E-state index contributed by atoms with van der Waals surface area (Å²) in [4.78, 5) is 4.42. The van der Waals surface area contributed by atoms with Gasteiger partial charge in [-0.05, 0) is 43.5 Å². The van der Waals surface area contributed by atoms with E-state index in [4.69, 9.17) is 4.74 Å². The zero-order chi connectivity index (χ0) is 24.3. The predicted molar refractivity (Wildman–Crippen MR) is 142 cm³/mol. The Morgan fingerprint density at radius 1 is 0.771 bits per heavy atom. The Kier molecular flexibility index (Phi) is 6.15. The van der Waals surface area contributed by atoms with Gasteiger partial charge in [0.1, 0.15) is 17.0 Å². The maximum Gasteiger partial charge on any atom is 0.157 e. The van der Waals surface area contributed by atoms with Crippen molar-refractivity contribution in [2.24, 2.45) is 0 Å². The van der Waals surface area contributed by atoms with E-state index in [0.717, 1.165) is 39.0 Å². The summed E-state index contributed by atoms with van der Waals surface area (Å²) in [7, 11) is 0. The molecule has 3 aromatic carbocycles. The Bertz CT molecular complexity index is 1440. The molecule has 0 atom stereocenters. The molecule has 5 nitrogen and oxygen atoms in total. The molecule has 2 heterocycles. The van der Waals surface area contributed by atoms with Crippen molar-refractivity contribution in [1.82, 2.24) is 15.2 Å². The maximum absolute atomic E-state index is 6.06. The first kappa shape index (κ1) is 22.5. The molecule has 5 rings (SSSR count). The number of benzene rings is 3. The first-order chi connectivity index (χ1) is 17.0. The van der Waals surface area contributed by atoms with Gasteiger partial charge >= 0.3 is 0 Å². The van der Waals surface area contributed by atoms with Crippen molar-refractivity contribution < 1.29 is 4.74 Å². The lowest BCUT2D eigenvalue weighted by Crippen LogP contribution is -2.23. The third-order valence-electron chi connectivity index (χ3n) is 5.60. The molecule has 2 aromatic heterocycles. The zero-order valence-corrected chi connectivity index (χ0v) is 20.2. The van der Waals surface area contributed by atoms with E-state index in [1.54, 1.807) is 6.20 Å². The van der Waals surface area contributed by atoms with Crippen LogP contribution in [0.5, 0.6) is 5.75 Å². The molecule has 0 aliphatic rings. The van der Waals surface area contributed by atoms with Crippen LogP contribution in [0.2, 0.25) is 0 Å². The van der Waals surface area contributed by atoms with Gasteiger partial charge in [0.25, 0.3) is 0 Å². The first-order valence-electron chi connectivity index (χ1n) is 11.7. The van der Waals surface area contributed by atoms with Crippen LogP contribution in [0.1, 0.15) is 26.3 Å². The molecular weight excluding hydrogens is 432 g/mol. The second kappa shape index (κ2) is 9.55. The minimum absolute atomic E-state index is 0.320. The van der Waals surface area contributed by atoms with Gasteiger partial charge in [-0.1, -0.05) is 78.9 Å². The van der Waals surface area contributed by atoms with Crippen LogP contribution in [-0.4, -0.2) is 20.8 Å². The molecule has 0 aliphatic carbocycles. The molecule has 0 spiro atoms. The summed E-state index contributed by atoms with van der Waals surface area (Å²) in [6.07, 6.45) is 3.54. The molecule has 174 valence electrons. The van der Waals surface area contributed by atoms with Crippen LogP contribution in [0, 0.1) is 0 Å². The van der Waals surface area contributed by atoms with Crippen molar-refractivity contribution in [3.63, 3.8) is 0 Å². The molecule has 1 N–H and O–H groups in total. The monoisotopic (exact) mass is 460 g/mol. The third kappa shape index (κ3) is 5.14. The number of fused-ring (bicyclic) bond motifs is 1. The molecule has 0 aliphatic heterocycles. The lowest BCUT2D eigenvalue weighted by atomic mass is 9.96. The van der Waals surface area contributed by atoms with E-state index in [1.807, 2.05) is 57.3 Å². The van der Waals surface area contributed by atoms with Crippen molar-refractivity contribution >= 4 is 16.6 Å². The van der Waals surface area contributed by atoms with Gasteiger partial charge in [-0.3, -0.25) is 4.98 Å². The smallest absolute Gasteiger partial charge is 0.157 e. The summed E-state index contributed by atoms with van der Waals surface area (Å²) in [5.74, 6) is 1.46. The van der Waals surface area contributed by atoms with Crippen LogP contribution in [0.4, 0.5) is 5.82 Å². The number of anilines is 1. The van der Waals surface area contributed by atoms with Crippen molar-refractivity contribution in [3.8, 4) is 28.1 Å². The molecule has 5 aromatic rings. The predicted octanol–water partition coefficient (Wildman–Crippen LogP) is 7.15. The Labute approximate surface area is 205 Å². The highest BCUT2D eigenvalue weighted by atomic mass is 16.5. The molecule has 0 bridgehead atoms. The largest absolute Gasteiger partial charge is 0.487 e. The highest BCUT2D eigenvalue weighted by molar-refractivity contribution is 6.08. The van der Waals surface area contributed by atoms with Gasteiger partial charge in [-0.25, -0.2) is 0 Å². The summed E-state index contributed by atoms with van der Waals surface area (Å²) in [5, 5.41) is 14.9. The van der Waals surface area contributed by atoms with Gasteiger partial charge in [-0.15, -0.1) is 10.2 Å². The average molecular weight is 461 g/mol. The Balaban J connectivity index is 1.65. The summed E-state index contributed by atoms with van der Waals surface area (Å²) >= 11 is 0. The minimum atomic E-state index is -0.320. The topological polar surface area (TPSA) is 59.9 Å². The van der Waals surface area contributed by atoms with Crippen LogP contribution in [0.15, 0.2) is 97.3 Å². The SMILES string of the molecule is CC(C)(C)Oc1cncc(-c2nnc(NCc3ccccc3)c3c(-c4ccccc4)cccc23)c1. The molecule has 35 heavy (non-hydrogen) atoms. The summed E-state index contributed by atoms with van der Waals surface area (Å²) in [6, 6.07) is 29.0. The zero-order valence-electron chi connectivity index (χ0n) is 20.2. The number of ether oxygens (including phenoxy) is 1. The number of aromatic nitrogens is 3. The molecule has 0 radical (unpaired) electrons. The van der Waals surface area contributed by atoms with Gasteiger partial charge < -0.3 is 10.1 Å². The van der Waals surface area contributed by atoms with E-state index in [1.165, 1.54) is 5.56 Å². The fourth-order valence-corrected chi connectivity index (χ4v) is 4.14. The van der Waals surface area contributed by atoms with Crippen LogP contribution in [0.25, 0.3) is 33.2 Å². The van der Waals surface area contributed by atoms with Gasteiger partial charge in [0.15, 0.2) is 5.82 Å². The maximum atomic E-state index is 6.06. The molecule has 0 unspecified atom stereocenters. The minimum Gasteiger partial charge on any atom is -0.487 e. The van der Waals surface area contributed by atoms with E-state index in [9.17, 15) is 0 Å². The fraction of sp³-hybridized carbons (Fsp3) is 0.167. The third-order valence-corrected chi connectivity index (χ3v) is 5.60. The lowest BCUT2D eigenvalue weighted by molar-refractivity contribution is 0.130. The molecule has 0 fully saturated rings. The highest BCUT2D eigenvalue weighted by Crippen LogP contribution is 2.37. The van der Waals surface area contributed by atoms with E-state index in [-0.39, 0.29) is 5.60 Å². The first-order valence-corrected chi connectivity index (χ1v) is 11.7. The molecule has 0 saturated heterocycles. The summed E-state index contributed by atoms with van der Waals surface area (Å²) in [6.45, 7) is 6.72. The standard InChI is InChI=1S/C30H28N4O/c1-30(2,3)35-24-17-23(19-31-20-24)28-26-16-10-15-25(22-13-8-5-9-14-22)27(26)29(34-33-28)32-18-21-11-6-4-7-12-21/h4-17,19-20H,18H2,1-3H3,(H,32,34). The Morgan fingerprint density at radius 3 is 2.26 bits per heavy atom. The van der Waals surface area contributed by atoms with E-state index >= 15 is 0 Å². The number of pyridine rings is 1. The van der Waals surface area contributed by atoms with Crippen molar-refractivity contribution in [2.75, 3.05) is 5.32 Å². The highest BCUT2D eigenvalue weighted by Gasteiger charge is 2.17.